The summed E-state index contributed by atoms with van der Waals surface area (Å²) in [7, 11) is 0. The van der Waals surface area contributed by atoms with Crippen LogP contribution < -0.4 is 10.1 Å². The molecule has 1 saturated carbocycles. The Morgan fingerprint density at radius 3 is 2.76 bits per heavy atom. The Hall–Kier alpha value is -1.06. The number of nitrogens with one attached hydrogen (secondary N) is 1. The molecule has 0 bridgehead atoms. The number of benzene rings is 1. The number of rotatable bonds is 6. The first-order valence-electron chi connectivity index (χ1n) is 8.57. The van der Waals surface area contributed by atoms with Gasteiger partial charge in [0, 0.05) is 32.1 Å². The van der Waals surface area contributed by atoms with E-state index in [1.54, 1.807) is 0 Å². The minimum atomic E-state index is 0.350. The van der Waals surface area contributed by atoms with Crippen molar-refractivity contribution in [3.05, 3.63) is 29.8 Å². The molecule has 0 amide bonds. The first kappa shape index (κ1) is 13.6. The second-order valence-electron chi connectivity index (χ2n) is 7.01. The predicted molar refractivity (Wildman–Crippen MR) is 84.8 cm³/mol. The van der Waals surface area contributed by atoms with Gasteiger partial charge in [-0.2, -0.15) is 0 Å². The van der Waals surface area contributed by atoms with Crippen LogP contribution >= 0.6 is 0 Å². The molecule has 2 unspecified atom stereocenters. The van der Waals surface area contributed by atoms with E-state index in [1.807, 2.05) is 0 Å². The van der Waals surface area contributed by atoms with Gasteiger partial charge in [-0.25, -0.2) is 0 Å². The van der Waals surface area contributed by atoms with Gasteiger partial charge in [-0.1, -0.05) is 18.2 Å². The quantitative estimate of drug-likeness (QED) is 0.869. The van der Waals surface area contributed by atoms with Crippen LogP contribution in [0.15, 0.2) is 24.3 Å². The van der Waals surface area contributed by atoms with Crippen LogP contribution in [-0.4, -0.2) is 43.2 Å². The van der Waals surface area contributed by atoms with Crippen LogP contribution in [0.25, 0.3) is 0 Å². The van der Waals surface area contributed by atoms with Gasteiger partial charge in [-0.15, -0.1) is 0 Å². The normalized spacial score (nSPS) is 27.9. The lowest BCUT2D eigenvalue weighted by atomic mass is 10.1. The minimum absolute atomic E-state index is 0.350. The van der Waals surface area contributed by atoms with Crippen LogP contribution in [0.2, 0.25) is 0 Å². The first-order valence-corrected chi connectivity index (χ1v) is 8.57. The van der Waals surface area contributed by atoms with E-state index in [1.165, 1.54) is 50.9 Å². The van der Waals surface area contributed by atoms with Crippen molar-refractivity contribution in [3.8, 4) is 5.75 Å². The number of para-hydroxylation sites is 1. The maximum absolute atomic E-state index is 6.14. The van der Waals surface area contributed by atoms with Crippen molar-refractivity contribution in [3.63, 3.8) is 0 Å². The molecule has 3 aliphatic rings. The van der Waals surface area contributed by atoms with Crippen molar-refractivity contribution in [2.24, 2.45) is 5.92 Å². The standard InChI is InChI=1S/C18H26N2O/c1-2-6-18-15(4-1)10-17(21-18)13-20(11-14-7-8-14)12-16-5-3-9-19-16/h1-2,4,6,14,16-17,19H,3,5,7-13H2. The Morgan fingerprint density at radius 2 is 2.00 bits per heavy atom. The summed E-state index contributed by atoms with van der Waals surface area (Å²) < 4.78 is 6.14. The smallest absolute Gasteiger partial charge is 0.123 e. The molecule has 1 aromatic carbocycles. The molecule has 0 spiro atoms. The van der Waals surface area contributed by atoms with Crippen molar-refractivity contribution in [2.45, 2.75) is 44.2 Å². The molecule has 21 heavy (non-hydrogen) atoms. The maximum Gasteiger partial charge on any atom is 0.123 e. The zero-order chi connectivity index (χ0) is 14.1. The third kappa shape index (κ3) is 3.41. The summed E-state index contributed by atoms with van der Waals surface area (Å²) in [5.74, 6) is 2.06. The van der Waals surface area contributed by atoms with Crippen LogP contribution in [0.3, 0.4) is 0 Å². The molecule has 0 aromatic heterocycles. The Morgan fingerprint density at radius 1 is 1.10 bits per heavy atom. The molecule has 2 fully saturated rings. The molecule has 1 aromatic rings. The summed E-state index contributed by atoms with van der Waals surface area (Å²) in [6, 6.07) is 9.21. The highest BCUT2D eigenvalue weighted by Gasteiger charge is 2.30. The number of nitrogens with zero attached hydrogens (tertiary/aromatic N) is 1. The van der Waals surface area contributed by atoms with E-state index in [0.29, 0.717) is 12.1 Å². The Bertz CT molecular complexity index is 455. The fourth-order valence-electron chi connectivity index (χ4n) is 3.76. The summed E-state index contributed by atoms with van der Waals surface area (Å²) in [6.07, 6.45) is 6.97. The van der Waals surface area contributed by atoms with Gasteiger partial charge < -0.3 is 10.1 Å². The molecule has 1 aliphatic carbocycles. The van der Waals surface area contributed by atoms with Crippen LogP contribution in [-0.2, 0) is 6.42 Å². The van der Waals surface area contributed by atoms with Crippen LogP contribution in [0.4, 0.5) is 0 Å². The maximum atomic E-state index is 6.14. The lowest BCUT2D eigenvalue weighted by molar-refractivity contribution is 0.139. The monoisotopic (exact) mass is 286 g/mol. The summed E-state index contributed by atoms with van der Waals surface area (Å²) in [5, 5.41) is 3.64. The molecule has 2 heterocycles. The van der Waals surface area contributed by atoms with Crippen LogP contribution in [0.5, 0.6) is 5.75 Å². The highest BCUT2D eigenvalue weighted by atomic mass is 16.5. The van der Waals surface area contributed by atoms with E-state index >= 15 is 0 Å². The summed E-state index contributed by atoms with van der Waals surface area (Å²) in [4.78, 5) is 2.66. The summed E-state index contributed by atoms with van der Waals surface area (Å²) in [5.41, 5.74) is 1.38. The second-order valence-corrected chi connectivity index (χ2v) is 7.01. The number of hydrogen-bond donors (Lipinski definition) is 1. The fourth-order valence-corrected chi connectivity index (χ4v) is 3.76. The molecular weight excluding hydrogens is 260 g/mol. The second kappa shape index (κ2) is 5.98. The zero-order valence-electron chi connectivity index (χ0n) is 12.8. The molecule has 1 N–H and O–H groups in total. The van der Waals surface area contributed by atoms with Crippen molar-refractivity contribution < 1.29 is 4.74 Å². The lowest BCUT2D eigenvalue weighted by Gasteiger charge is -2.28. The zero-order valence-corrected chi connectivity index (χ0v) is 12.8. The SMILES string of the molecule is c1ccc2c(c1)CC(CN(CC1CC1)CC1CCCN1)O2. The average molecular weight is 286 g/mol. The highest BCUT2D eigenvalue weighted by Crippen LogP contribution is 2.32. The van der Waals surface area contributed by atoms with Crippen molar-refractivity contribution in [2.75, 3.05) is 26.2 Å². The first-order chi connectivity index (χ1) is 10.4. The molecule has 3 heteroatoms. The molecule has 3 nitrogen and oxygen atoms in total. The lowest BCUT2D eigenvalue weighted by Crippen LogP contribution is -2.43. The van der Waals surface area contributed by atoms with Gasteiger partial charge in [-0.05, 0) is 49.8 Å². The van der Waals surface area contributed by atoms with Crippen LogP contribution in [0.1, 0.15) is 31.2 Å². The van der Waals surface area contributed by atoms with E-state index in [-0.39, 0.29) is 0 Å². The Kier molecular flexibility index (Phi) is 3.87. The largest absolute Gasteiger partial charge is 0.488 e. The van der Waals surface area contributed by atoms with E-state index in [0.717, 1.165) is 24.6 Å². The summed E-state index contributed by atoms with van der Waals surface area (Å²) >= 11 is 0. The number of hydrogen-bond acceptors (Lipinski definition) is 3. The Labute approximate surface area is 127 Å². The Balaban J connectivity index is 1.35. The van der Waals surface area contributed by atoms with Gasteiger partial charge >= 0.3 is 0 Å². The average Bonchev–Trinajstić information content (AvgIpc) is 3.00. The topological polar surface area (TPSA) is 24.5 Å². The number of ether oxygens (including phenoxy) is 1. The van der Waals surface area contributed by atoms with Gasteiger partial charge in [0.25, 0.3) is 0 Å². The molecule has 1 saturated heterocycles. The van der Waals surface area contributed by atoms with E-state index < -0.39 is 0 Å². The van der Waals surface area contributed by atoms with Crippen LogP contribution in [0, 0.1) is 5.92 Å². The molecule has 2 atom stereocenters. The van der Waals surface area contributed by atoms with Crippen molar-refractivity contribution in [1.29, 1.82) is 0 Å². The van der Waals surface area contributed by atoms with Gasteiger partial charge in [0.2, 0.25) is 0 Å². The van der Waals surface area contributed by atoms with E-state index in [2.05, 4.69) is 34.5 Å². The predicted octanol–water partition coefficient (Wildman–Crippen LogP) is 2.45. The van der Waals surface area contributed by atoms with E-state index in [4.69, 9.17) is 4.74 Å². The number of fused-ring (bicyclic) bond motifs is 1. The molecular formula is C18H26N2O. The van der Waals surface area contributed by atoms with Gasteiger partial charge in [0.05, 0.1) is 0 Å². The van der Waals surface area contributed by atoms with Gasteiger partial charge in [-0.3, -0.25) is 4.90 Å². The van der Waals surface area contributed by atoms with E-state index in [9.17, 15) is 0 Å². The van der Waals surface area contributed by atoms with Crippen molar-refractivity contribution >= 4 is 0 Å². The van der Waals surface area contributed by atoms with Gasteiger partial charge in [0.15, 0.2) is 0 Å². The molecule has 0 radical (unpaired) electrons. The molecule has 114 valence electrons. The highest BCUT2D eigenvalue weighted by molar-refractivity contribution is 5.37. The van der Waals surface area contributed by atoms with Gasteiger partial charge in [0.1, 0.15) is 11.9 Å². The fraction of sp³-hybridized carbons (Fsp3) is 0.667. The summed E-state index contributed by atoms with van der Waals surface area (Å²) in [6.45, 7) is 4.76. The molecule has 4 rings (SSSR count). The van der Waals surface area contributed by atoms with Crippen molar-refractivity contribution in [1.82, 2.24) is 10.2 Å². The minimum Gasteiger partial charge on any atom is -0.488 e. The third-order valence-electron chi connectivity index (χ3n) is 5.03. The molecule has 2 aliphatic heterocycles. The third-order valence-corrected chi connectivity index (χ3v) is 5.03.